The number of aliphatic carboxylic acids is 1. The van der Waals surface area contributed by atoms with Crippen molar-refractivity contribution in [1.82, 2.24) is 10.6 Å². The summed E-state index contributed by atoms with van der Waals surface area (Å²) >= 11 is 6.20. The molecule has 39 heavy (non-hydrogen) atoms. The molecule has 10 heteroatoms. The Morgan fingerprint density at radius 1 is 1.15 bits per heavy atom. The van der Waals surface area contributed by atoms with Gasteiger partial charge in [0.05, 0.1) is 0 Å². The number of hydrogen-bond acceptors (Lipinski definition) is 6. The Bertz CT molecular complexity index is 1360. The van der Waals surface area contributed by atoms with Crippen LogP contribution in [0.15, 0.2) is 36.4 Å². The summed E-state index contributed by atoms with van der Waals surface area (Å²) in [7, 11) is 0. The zero-order valence-corrected chi connectivity index (χ0v) is 22.3. The molecule has 2 aromatic carbocycles. The van der Waals surface area contributed by atoms with Crippen molar-refractivity contribution in [3.63, 3.8) is 0 Å². The van der Waals surface area contributed by atoms with Gasteiger partial charge in [0.15, 0.2) is 18.5 Å². The van der Waals surface area contributed by atoms with Crippen LogP contribution in [0.5, 0.6) is 11.5 Å². The molecule has 1 amide bonds. The van der Waals surface area contributed by atoms with Crippen LogP contribution in [0.25, 0.3) is 0 Å². The molecule has 0 aromatic heterocycles. The van der Waals surface area contributed by atoms with Crippen LogP contribution in [0.2, 0.25) is 5.02 Å². The van der Waals surface area contributed by atoms with Gasteiger partial charge < -0.3 is 19.9 Å². The van der Waals surface area contributed by atoms with Gasteiger partial charge in [-0.25, -0.2) is 4.39 Å². The van der Waals surface area contributed by atoms with Crippen molar-refractivity contribution in [3.8, 4) is 11.5 Å². The van der Waals surface area contributed by atoms with Gasteiger partial charge in [0.2, 0.25) is 0 Å². The number of carbonyl (C=O) groups is 3. The van der Waals surface area contributed by atoms with Crippen LogP contribution < -0.4 is 20.1 Å². The zero-order chi connectivity index (χ0) is 27.6. The van der Waals surface area contributed by atoms with Gasteiger partial charge in [-0.2, -0.15) is 0 Å². The molecule has 206 valence electrons. The SMILES string of the molecule is Cc1ccc(OCC(=O)NC23CC(CC(=O)C4CC(NC5(C(=O)O)CC5)c5cc(Cl)ccc5O4)(C2)C3)cc1F. The highest BCUT2D eigenvalue weighted by Gasteiger charge is 2.69. The largest absolute Gasteiger partial charge is 0.484 e. The lowest BCUT2D eigenvalue weighted by atomic mass is 9.38. The van der Waals surface area contributed by atoms with Gasteiger partial charge in [0.25, 0.3) is 5.91 Å². The van der Waals surface area contributed by atoms with E-state index in [1.165, 1.54) is 6.07 Å². The van der Waals surface area contributed by atoms with E-state index in [9.17, 15) is 23.9 Å². The molecule has 3 N–H and O–H groups in total. The van der Waals surface area contributed by atoms with Crippen LogP contribution in [-0.2, 0) is 14.4 Å². The standard InChI is InChI=1S/C29H30ClFN2O6/c1-16-2-4-18(9-20(16)31)38-12-25(35)33-28-13-27(14-28,15-28)11-22(34)24-10-21(32-29(6-7-29)26(36)37)19-8-17(30)3-5-23(19)39-24/h2-5,8-9,21,24,32H,6-7,10-15H2,1H3,(H,33,35)(H,36,37). The molecule has 1 heterocycles. The van der Waals surface area contributed by atoms with Crippen LogP contribution in [0.1, 0.15) is 62.1 Å². The van der Waals surface area contributed by atoms with Crippen LogP contribution in [0.3, 0.4) is 0 Å². The van der Waals surface area contributed by atoms with Crippen LogP contribution in [0, 0.1) is 18.2 Å². The van der Waals surface area contributed by atoms with E-state index in [0.29, 0.717) is 67.0 Å². The number of rotatable bonds is 10. The lowest BCUT2D eigenvalue weighted by Gasteiger charge is -2.70. The molecule has 2 unspecified atom stereocenters. The number of amides is 1. The number of ketones is 1. The summed E-state index contributed by atoms with van der Waals surface area (Å²) < 4.78 is 25.2. The summed E-state index contributed by atoms with van der Waals surface area (Å²) in [6.07, 6.45) is 3.18. The monoisotopic (exact) mass is 556 g/mol. The van der Waals surface area contributed by atoms with E-state index in [0.717, 1.165) is 5.56 Å². The number of benzene rings is 2. The van der Waals surface area contributed by atoms with Crippen LogP contribution in [0.4, 0.5) is 4.39 Å². The van der Waals surface area contributed by atoms with E-state index >= 15 is 0 Å². The maximum atomic E-state index is 13.7. The average molecular weight is 557 g/mol. The number of fused-ring (bicyclic) bond motifs is 1. The third-order valence-corrected chi connectivity index (χ3v) is 8.88. The van der Waals surface area contributed by atoms with E-state index < -0.39 is 17.6 Å². The maximum absolute atomic E-state index is 13.7. The van der Waals surface area contributed by atoms with E-state index in [-0.39, 0.29) is 41.1 Å². The second kappa shape index (κ2) is 9.20. The van der Waals surface area contributed by atoms with Gasteiger partial charge in [0, 0.05) is 41.1 Å². The number of carboxylic acids is 1. The maximum Gasteiger partial charge on any atom is 0.323 e. The number of hydrogen-bond donors (Lipinski definition) is 3. The number of carboxylic acid groups (broad SMARTS) is 1. The summed E-state index contributed by atoms with van der Waals surface area (Å²) in [5, 5.41) is 16.5. The number of nitrogens with one attached hydrogen (secondary N) is 2. The molecule has 2 atom stereocenters. The van der Waals surface area contributed by atoms with Crippen LogP contribution >= 0.6 is 11.6 Å². The molecule has 2 bridgehead atoms. The smallest absolute Gasteiger partial charge is 0.323 e. The number of halogens is 2. The van der Waals surface area contributed by atoms with Gasteiger partial charge in [-0.05, 0) is 74.3 Å². The Morgan fingerprint density at radius 3 is 2.56 bits per heavy atom. The summed E-state index contributed by atoms with van der Waals surface area (Å²) in [5.74, 6) is -0.734. The fraction of sp³-hybridized carbons (Fsp3) is 0.483. The minimum Gasteiger partial charge on any atom is -0.484 e. The third-order valence-electron chi connectivity index (χ3n) is 8.64. The first-order valence-electron chi connectivity index (χ1n) is 13.2. The van der Waals surface area contributed by atoms with Gasteiger partial charge >= 0.3 is 5.97 Å². The molecule has 5 aliphatic rings. The fourth-order valence-corrected chi connectivity index (χ4v) is 6.78. The Labute approximate surface area is 230 Å². The Kier molecular flexibility index (Phi) is 6.15. The second-order valence-electron chi connectivity index (χ2n) is 11.8. The van der Waals surface area contributed by atoms with E-state index in [4.69, 9.17) is 21.1 Å². The van der Waals surface area contributed by atoms with Crippen molar-refractivity contribution in [1.29, 1.82) is 0 Å². The van der Waals surface area contributed by atoms with E-state index in [1.807, 2.05) is 0 Å². The molecular formula is C29H30ClFN2O6. The lowest BCUT2D eigenvalue weighted by molar-refractivity contribution is -0.175. The number of ether oxygens (including phenoxy) is 2. The second-order valence-corrected chi connectivity index (χ2v) is 12.2. The van der Waals surface area contributed by atoms with Crippen molar-refractivity contribution < 1.29 is 33.4 Å². The Hall–Kier alpha value is -3.17. The summed E-state index contributed by atoms with van der Waals surface area (Å²) in [4.78, 5) is 37.6. The highest BCUT2D eigenvalue weighted by atomic mass is 35.5. The van der Waals surface area contributed by atoms with Crippen LogP contribution in [-0.4, -0.2) is 46.6 Å². The molecule has 0 radical (unpaired) electrons. The predicted octanol–water partition coefficient (Wildman–Crippen LogP) is 4.26. The average Bonchev–Trinajstić information content (AvgIpc) is 3.63. The van der Waals surface area contributed by atoms with Gasteiger partial charge in [-0.3, -0.25) is 19.7 Å². The van der Waals surface area contributed by atoms with Crippen molar-refractivity contribution in [2.24, 2.45) is 5.41 Å². The molecule has 4 fully saturated rings. The van der Waals surface area contributed by atoms with E-state index in [2.05, 4.69) is 10.6 Å². The number of carbonyl (C=O) groups excluding carboxylic acids is 2. The Morgan fingerprint density at radius 2 is 1.90 bits per heavy atom. The Balaban J connectivity index is 1.03. The molecule has 4 aliphatic carbocycles. The molecule has 0 saturated heterocycles. The molecule has 4 saturated carbocycles. The summed E-state index contributed by atoms with van der Waals surface area (Å²) in [6, 6.07) is 9.31. The van der Waals surface area contributed by atoms with Crippen molar-refractivity contribution in [2.75, 3.05) is 6.61 Å². The first-order valence-corrected chi connectivity index (χ1v) is 13.6. The van der Waals surface area contributed by atoms with Crippen molar-refractivity contribution >= 4 is 29.3 Å². The predicted molar refractivity (Wildman–Crippen MR) is 139 cm³/mol. The quantitative estimate of drug-likeness (QED) is 0.400. The number of aryl methyl sites for hydroxylation is 1. The number of Topliss-reactive ketones (excluding diaryl/α,β-unsaturated/α-hetero) is 1. The first-order chi connectivity index (χ1) is 18.5. The van der Waals surface area contributed by atoms with E-state index in [1.54, 1.807) is 37.3 Å². The third kappa shape index (κ3) is 4.87. The zero-order valence-electron chi connectivity index (χ0n) is 21.5. The van der Waals surface area contributed by atoms with Gasteiger partial charge in [-0.1, -0.05) is 17.7 Å². The fourth-order valence-electron chi connectivity index (χ4n) is 6.60. The van der Waals surface area contributed by atoms with Crippen molar-refractivity contribution in [3.05, 3.63) is 58.4 Å². The molecule has 7 rings (SSSR count). The highest BCUT2D eigenvalue weighted by Crippen LogP contribution is 2.69. The molecule has 0 spiro atoms. The van der Waals surface area contributed by atoms with Gasteiger partial charge in [0.1, 0.15) is 22.9 Å². The topological polar surface area (TPSA) is 114 Å². The highest BCUT2D eigenvalue weighted by molar-refractivity contribution is 6.30. The summed E-state index contributed by atoms with van der Waals surface area (Å²) in [6.45, 7) is 1.45. The first kappa shape index (κ1) is 26.1. The molecule has 1 aliphatic heterocycles. The minimum absolute atomic E-state index is 0.0214. The molecular weight excluding hydrogens is 527 g/mol. The van der Waals surface area contributed by atoms with Gasteiger partial charge in [-0.15, -0.1) is 0 Å². The lowest BCUT2D eigenvalue weighted by Crippen LogP contribution is -2.75. The minimum atomic E-state index is -0.967. The van der Waals surface area contributed by atoms with Crippen molar-refractivity contribution in [2.45, 2.75) is 75.1 Å². The normalized spacial score (nSPS) is 29.1. The molecule has 2 aromatic rings. The summed E-state index contributed by atoms with van der Waals surface area (Å²) in [5.41, 5.74) is -0.171. The molecule has 8 nitrogen and oxygen atoms in total.